The molecule has 1 heterocycles. The number of halogens is 1. The molecule has 2 rings (SSSR count). The van der Waals surface area contributed by atoms with Crippen LogP contribution in [0.4, 0.5) is 5.69 Å². The van der Waals surface area contributed by atoms with Crippen molar-refractivity contribution in [2.75, 3.05) is 5.32 Å². The normalized spacial score (nSPS) is 24.1. The summed E-state index contributed by atoms with van der Waals surface area (Å²) in [5.41, 5.74) is 0.786. The second-order valence-electron chi connectivity index (χ2n) is 3.70. The maximum atomic E-state index is 11.0. The summed E-state index contributed by atoms with van der Waals surface area (Å²) < 4.78 is 0. The van der Waals surface area contributed by atoms with Gasteiger partial charge in [-0.1, -0.05) is 17.7 Å². The van der Waals surface area contributed by atoms with Crippen molar-refractivity contribution in [1.29, 1.82) is 0 Å². The number of hydrogen-bond donors (Lipinski definition) is 2. The number of carbonyl (C=O) groups is 1. The Hall–Kier alpha value is -1.22. The Balaban J connectivity index is 2.44. The minimum atomic E-state index is -0.923. The van der Waals surface area contributed by atoms with Crippen LogP contribution in [0.1, 0.15) is 12.5 Å². The highest BCUT2D eigenvalue weighted by Gasteiger charge is 2.39. The minimum Gasteiger partial charge on any atom is -0.480 e. The zero-order valence-electron chi connectivity index (χ0n) is 7.67. The first-order valence-electron chi connectivity index (χ1n) is 4.32. The molecule has 0 bridgehead atoms. The van der Waals surface area contributed by atoms with Gasteiger partial charge in [0, 0.05) is 17.1 Å². The first-order chi connectivity index (χ1) is 6.53. The van der Waals surface area contributed by atoms with Gasteiger partial charge in [0.1, 0.15) is 5.54 Å². The predicted octanol–water partition coefficient (Wildman–Crippen LogP) is 2.15. The van der Waals surface area contributed by atoms with Crippen LogP contribution in [0.2, 0.25) is 5.02 Å². The second-order valence-corrected chi connectivity index (χ2v) is 4.11. The molecule has 0 spiro atoms. The van der Waals surface area contributed by atoms with E-state index in [4.69, 9.17) is 16.7 Å². The molecule has 3 nitrogen and oxygen atoms in total. The molecule has 2 N–H and O–H groups in total. The quantitative estimate of drug-likeness (QED) is 0.749. The number of anilines is 1. The lowest BCUT2D eigenvalue weighted by molar-refractivity contribution is -0.141. The summed E-state index contributed by atoms with van der Waals surface area (Å²) in [6, 6.07) is 5.42. The van der Waals surface area contributed by atoms with Gasteiger partial charge in [0.05, 0.1) is 0 Å². The summed E-state index contributed by atoms with van der Waals surface area (Å²) in [4.78, 5) is 11.0. The first kappa shape index (κ1) is 9.34. The number of carboxylic acid groups (broad SMARTS) is 1. The third-order valence-corrected chi connectivity index (χ3v) is 2.89. The van der Waals surface area contributed by atoms with E-state index in [0.29, 0.717) is 11.4 Å². The van der Waals surface area contributed by atoms with E-state index in [2.05, 4.69) is 5.32 Å². The summed E-state index contributed by atoms with van der Waals surface area (Å²) in [6.45, 7) is 1.66. The van der Waals surface area contributed by atoms with E-state index < -0.39 is 11.5 Å². The van der Waals surface area contributed by atoms with Crippen LogP contribution in [0.3, 0.4) is 0 Å². The Morgan fingerprint density at radius 1 is 1.64 bits per heavy atom. The maximum absolute atomic E-state index is 11.0. The Morgan fingerprint density at radius 2 is 2.36 bits per heavy atom. The van der Waals surface area contributed by atoms with Crippen LogP contribution < -0.4 is 5.32 Å². The summed E-state index contributed by atoms with van der Waals surface area (Å²) >= 11 is 5.97. The summed E-state index contributed by atoms with van der Waals surface area (Å²) in [5.74, 6) is -0.857. The molecule has 0 saturated heterocycles. The van der Waals surface area contributed by atoms with Crippen molar-refractivity contribution in [1.82, 2.24) is 0 Å². The SMILES string of the molecule is CC1(C(=O)O)Cc2c(Cl)cccc2N1. The molecule has 1 atom stereocenters. The van der Waals surface area contributed by atoms with Gasteiger partial charge in [0.25, 0.3) is 0 Å². The topological polar surface area (TPSA) is 49.3 Å². The lowest BCUT2D eigenvalue weighted by Gasteiger charge is -2.18. The Labute approximate surface area is 86.7 Å². The van der Waals surface area contributed by atoms with Crippen LogP contribution in [-0.4, -0.2) is 16.6 Å². The van der Waals surface area contributed by atoms with E-state index in [0.717, 1.165) is 11.3 Å². The molecule has 1 aliphatic rings. The van der Waals surface area contributed by atoms with Crippen molar-refractivity contribution in [3.63, 3.8) is 0 Å². The van der Waals surface area contributed by atoms with Gasteiger partial charge in [-0.2, -0.15) is 0 Å². The molecular formula is C10H10ClNO2. The van der Waals surface area contributed by atoms with Crippen molar-refractivity contribution in [2.24, 2.45) is 0 Å². The van der Waals surface area contributed by atoms with Gasteiger partial charge in [-0.3, -0.25) is 0 Å². The number of hydrogen-bond acceptors (Lipinski definition) is 2. The van der Waals surface area contributed by atoms with E-state index in [1.807, 2.05) is 12.1 Å². The molecule has 14 heavy (non-hydrogen) atoms. The summed E-state index contributed by atoms with van der Waals surface area (Å²) in [5, 5.41) is 12.6. The van der Waals surface area contributed by atoms with Crippen LogP contribution in [0.15, 0.2) is 18.2 Å². The van der Waals surface area contributed by atoms with Gasteiger partial charge in [0.15, 0.2) is 0 Å². The number of nitrogens with one attached hydrogen (secondary N) is 1. The first-order valence-corrected chi connectivity index (χ1v) is 4.70. The average molecular weight is 212 g/mol. The minimum absolute atomic E-state index is 0.428. The molecule has 1 aromatic carbocycles. The van der Waals surface area contributed by atoms with Gasteiger partial charge in [-0.15, -0.1) is 0 Å². The largest absolute Gasteiger partial charge is 0.480 e. The van der Waals surface area contributed by atoms with E-state index in [1.165, 1.54) is 0 Å². The number of rotatable bonds is 1. The molecule has 0 radical (unpaired) electrons. The second kappa shape index (κ2) is 2.89. The van der Waals surface area contributed by atoms with E-state index in [9.17, 15) is 4.79 Å². The monoisotopic (exact) mass is 211 g/mol. The van der Waals surface area contributed by atoms with Gasteiger partial charge in [0.2, 0.25) is 0 Å². The molecule has 1 aliphatic heterocycles. The zero-order valence-corrected chi connectivity index (χ0v) is 8.43. The highest BCUT2D eigenvalue weighted by Crippen LogP contribution is 2.36. The van der Waals surface area contributed by atoms with Gasteiger partial charge < -0.3 is 10.4 Å². The van der Waals surface area contributed by atoms with Crippen molar-refractivity contribution >= 4 is 23.3 Å². The Bertz CT molecular complexity index is 405. The van der Waals surface area contributed by atoms with Crippen molar-refractivity contribution in [3.8, 4) is 0 Å². The standard InChI is InChI=1S/C10H10ClNO2/c1-10(9(13)14)5-6-7(11)3-2-4-8(6)12-10/h2-4,12H,5H2,1H3,(H,13,14). The molecule has 74 valence electrons. The van der Waals surface area contributed by atoms with Gasteiger partial charge in [-0.05, 0) is 24.6 Å². The van der Waals surface area contributed by atoms with Gasteiger partial charge >= 0.3 is 5.97 Å². The summed E-state index contributed by atoms with van der Waals surface area (Å²) in [6.07, 6.45) is 0.428. The van der Waals surface area contributed by atoms with Crippen LogP contribution >= 0.6 is 11.6 Å². The van der Waals surface area contributed by atoms with Gasteiger partial charge in [-0.25, -0.2) is 4.79 Å². The zero-order chi connectivity index (χ0) is 10.3. The third-order valence-electron chi connectivity index (χ3n) is 2.53. The van der Waals surface area contributed by atoms with E-state index in [1.54, 1.807) is 13.0 Å². The number of benzene rings is 1. The molecule has 0 saturated carbocycles. The molecule has 0 fully saturated rings. The molecule has 1 unspecified atom stereocenters. The summed E-state index contributed by atoms with van der Waals surface area (Å²) in [7, 11) is 0. The Kier molecular flexibility index (Phi) is 1.93. The van der Waals surface area contributed by atoms with E-state index >= 15 is 0 Å². The average Bonchev–Trinajstić information content (AvgIpc) is 2.45. The molecular weight excluding hydrogens is 202 g/mol. The smallest absolute Gasteiger partial charge is 0.329 e. The van der Waals surface area contributed by atoms with Crippen molar-refractivity contribution < 1.29 is 9.90 Å². The van der Waals surface area contributed by atoms with Crippen LogP contribution in [-0.2, 0) is 11.2 Å². The third kappa shape index (κ3) is 1.24. The van der Waals surface area contributed by atoms with Crippen LogP contribution in [0.25, 0.3) is 0 Å². The van der Waals surface area contributed by atoms with Crippen LogP contribution in [0.5, 0.6) is 0 Å². The van der Waals surface area contributed by atoms with Crippen molar-refractivity contribution in [2.45, 2.75) is 18.9 Å². The van der Waals surface area contributed by atoms with Crippen LogP contribution in [0, 0.1) is 0 Å². The lowest BCUT2D eigenvalue weighted by Crippen LogP contribution is -2.41. The molecule has 0 aliphatic carbocycles. The lowest BCUT2D eigenvalue weighted by atomic mass is 9.98. The Morgan fingerprint density at radius 3 is 2.93 bits per heavy atom. The number of aliphatic carboxylic acids is 1. The fourth-order valence-corrected chi connectivity index (χ4v) is 1.92. The molecule has 0 amide bonds. The fourth-order valence-electron chi connectivity index (χ4n) is 1.68. The molecule has 1 aromatic rings. The van der Waals surface area contributed by atoms with E-state index in [-0.39, 0.29) is 0 Å². The maximum Gasteiger partial charge on any atom is 0.329 e. The number of carboxylic acids is 1. The molecule has 4 heteroatoms. The fraction of sp³-hybridized carbons (Fsp3) is 0.300. The highest BCUT2D eigenvalue weighted by atomic mass is 35.5. The van der Waals surface area contributed by atoms with Crippen molar-refractivity contribution in [3.05, 3.63) is 28.8 Å². The highest BCUT2D eigenvalue weighted by molar-refractivity contribution is 6.32. The predicted molar refractivity (Wildman–Crippen MR) is 54.8 cm³/mol. The number of fused-ring (bicyclic) bond motifs is 1. The molecule has 0 aromatic heterocycles.